The lowest BCUT2D eigenvalue weighted by Crippen LogP contribution is -2.41. The lowest BCUT2D eigenvalue weighted by atomic mass is 9.96. The zero-order valence-electron chi connectivity index (χ0n) is 13.4. The second-order valence-corrected chi connectivity index (χ2v) is 5.90. The van der Waals surface area contributed by atoms with E-state index in [1.165, 1.54) is 0 Å². The van der Waals surface area contributed by atoms with Crippen LogP contribution < -0.4 is 5.32 Å². The molecule has 0 unspecified atom stereocenters. The third-order valence-electron chi connectivity index (χ3n) is 4.26. The summed E-state index contributed by atoms with van der Waals surface area (Å²) in [4.78, 5) is 34.3. The minimum atomic E-state index is -0.102. The lowest BCUT2D eigenvalue weighted by molar-refractivity contribution is 0.0678. The summed E-state index contributed by atoms with van der Waals surface area (Å²) in [6.45, 7) is 2.02. The van der Waals surface area contributed by atoms with Crippen LogP contribution in [0.4, 0.5) is 0 Å². The second kappa shape index (κ2) is 7.68. The Balaban J connectivity index is 1.46. The van der Waals surface area contributed by atoms with Crippen molar-refractivity contribution in [2.45, 2.75) is 12.8 Å². The van der Waals surface area contributed by atoms with Crippen molar-refractivity contribution < 1.29 is 9.59 Å². The van der Waals surface area contributed by atoms with Crippen LogP contribution in [0.15, 0.2) is 48.9 Å². The van der Waals surface area contributed by atoms with Crippen molar-refractivity contribution in [1.29, 1.82) is 0 Å². The molecule has 0 radical (unpaired) electrons. The maximum absolute atomic E-state index is 12.3. The van der Waals surface area contributed by atoms with Crippen molar-refractivity contribution >= 4 is 11.8 Å². The Morgan fingerprint density at radius 3 is 2.62 bits per heavy atom. The van der Waals surface area contributed by atoms with Crippen LogP contribution in [-0.2, 0) is 0 Å². The highest BCUT2D eigenvalue weighted by atomic mass is 16.2. The summed E-state index contributed by atoms with van der Waals surface area (Å²) in [5, 5.41) is 2.95. The highest BCUT2D eigenvalue weighted by Gasteiger charge is 2.24. The van der Waals surface area contributed by atoms with E-state index in [-0.39, 0.29) is 11.8 Å². The van der Waals surface area contributed by atoms with E-state index >= 15 is 0 Å². The lowest BCUT2D eigenvalue weighted by Gasteiger charge is -2.31. The Labute approximate surface area is 140 Å². The Morgan fingerprint density at radius 1 is 1.12 bits per heavy atom. The second-order valence-electron chi connectivity index (χ2n) is 5.90. The van der Waals surface area contributed by atoms with Gasteiger partial charge in [-0.25, -0.2) is 0 Å². The summed E-state index contributed by atoms with van der Waals surface area (Å²) in [5.41, 5.74) is 1.06. The van der Waals surface area contributed by atoms with E-state index in [0.717, 1.165) is 12.8 Å². The van der Waals surface area contributed by atoms with E-state index in [0.29, 0.717) is 36.8 Å². The third-order valence-corrected chi connectivity index (χ3v) is 4.26. The van der Waals surface area contributed by atoms with Gasteiger partial charge in [-0.05, 0) is 43.0 Å². The van der Waals surface area contributed by atoms with E-state index < -0.39 is 0 Å². The van der Waals surface area contributed by atoms with Crippen LogP contribution in [0.5, 0.6) is 0 Å². The summed E-state index contributed by atoms with van der Waals surface area (Å²) in [6.07, 6.45) is 6.60. The van der Waals surface area contributed by atoms with Crippen molar-refractivity contribution in [3.8, 4) is 0 Å². The molecule has 1 aliphatic rings. The Hall–Kier alpha value is -2.76. The molecule has 0 bridgehead atoms. The first-order valence-corrected chi connectivity index (χ1v) is 8.12. The van der Waals surface area contributed by atoms with E-state index in [2.05, 4.69) is 15.3 Å². The van der Waals surface area contributed by atoms with Gasteiger partial charge in [-0.2, -0.15) is 0 Å². The summed E-state index contributed by atoms with van der Waals surface area (Å²) >= 11 is 0. The average Bonchev–Trinajstić information content (AvgIpc) is 2.67. The third kappa shape index (κ3) is 3.95. The maximum Gasteiger partial charge on any atom is 0.272 e. The molecule has 2 aromatic rings. The molecular formula is C18H20N4O2. The van der Waals surface area contributed by atoms with Gasteiger partial charge in [-0.1, -0.05) is 6.07 Å². The first-order valence-electron chi connectivity index (χ1n) is 8.12. The molecule has 0 spiro atoms. The minimum Gasteiger partial charge on any atom is -0.352 e. The van der Waals surface area contributed by atoms with Gasteiger partial charge in [-0.3, -0.25) is 19.6 Å². The Bertz CT molecular complexity index is 683. The largest absolute Gasteiger partial charge is 0.352 e. The zero-order valence-corrected chi connectivity index (χ0v) is 13.4. The molecule has 6 heteroatoms. The van der Waals surface area contributed by atoms with Crippen molar-refractivity contribution in [2.75, 3.05) is 19.6 Å². The summed E-state index contributed by atoms with van der Waals surface area (Å²) in [5.74, 6) is 0.266. The predicted octanol–water partition coefficient (Wildman–Crippen LogP) is 1.76. The van der Waals surface area contributed by atoms with Gasteiger partial charge in [0.2, 0.25) is 0 Å². The van der Waals surface area contributed by atoms with Crippen molar-refractivity contribution in [3.05, 3.63) is 60.2 Å². The standard InChI is InChI=1S/C18H20N4O2/c23-17(15-4-3-8-19-13-15)21-12-14-6-10-22(11-7-14)18(24)16-5-1-2-9-20-16/h1-5,8-9,13-14H,6-7,10-12H2,(H,21,23). The molecule has 0 aromatic carbocycles. The van der Waals surface area contributed by atoms with E-state index in [9.17, 15) is 9.59 Å². The molecule has 6 nitrogen and oxygen atoms in total. The molecule has 1 aliphatic heterocycles. The van der Waals surface area contributed by atoms with Crippen LogP contribution in [-0.4, -0.2) is 46.3 Å². The summed E-state index contributed by atoms with van der Waals surface area (Å²) < 4.78 is 0. The number of hydrogen-bond donors (Lipinski definition) is 1. The molecule has 0 atom stereocenters. The molecule has 2 aromatic heterocycles. The van der Waals surface area contributed by atoms with Gasteiger partial charge in [0.05, 0.1) is 5.56 Å². The number of nitrogens with one attached hydrogen (secondary N) is 1. The summed E-state index contributed by atoms with van der Waals surface area (Å²) in [6, 6.07) is 8.85. The van der Waals surface area contributed by atoms with Crippen LogP contribution >= 0.6 is 0 Å². The van der Waals surface area contributed by atoms with Gasteiger partial charge in [0, 0.05) is 38.2 Å². The van der Waals surface area contributed by atoms with Gasteiger partial charge in [0.15, 0.2) is 0 Å². The number of rotatable bonds is 4. The first kappa shape index (κ1) is 16.1. The predicted molar refractivity (Wildman–Crippen MR) is 89.4 cm³/mol. The smallest absolute Gasteiger partial charge is 0.272 e. The number of nitrogens with zero attached hydrogens (tertiary/aromatic N) is 3. The average molecular weight is 324 g/mol. The molecule has 0 saturated carbocycles. The molecule has 124 valence electrons. The van der Waals surface area contributed by atoms with Gasteiger partial charge >= 0.3 is 0 Å². The molecule has 1 saturated heterocycles. The molecule has 2 amide bonds. The Morgan fingerprint density at radius 2 is 1.96 bits per heavy atom. The number of hydrogen-bond acceptors (Lipinski definition) is 4. The highest BCUT2D eigenvalue weighted by molar-refractivity contribution is 5.93. The van der Waals surface area contributed by atoms with E-state index in [4.69, 9.17) is 0 Å². The maximum atomic E-state index is 12.3. The van der Waals surface area contributed by atoms with Crippen LogP contribution in [0.3, 0.4) is 0 Å². The van der Waals surface area contributed by atoms with Crippen molar-refractivity contribution in [2.24, 2.45) is 5.92 Å². The molecular weight excluding hydrogens is 304 g/mol. The quantitative estimate of drug-likeness (QED) is 0.930. The zero-order chi connectivity index (χ0) is 16.8. The van der Waals surface area contributed by atoms with E-state index in [1.807, 2.05) is 11.0 Å². The fourth-order valence-corrected chi connectivity index (χ4v) is 2.83. The number of carbonyl (C=O) groups excluding carboxylic acids is 2. The fraction of sp³-hybridized carbons (Fsp3) is 0.333. The normalized spacial score (nSPS) is 15.1. The molecule has 1 N–H and O–H groups in total. The first-order chi connectivity index (χ1) is 11.7. The van der Waals surface area contributed by atoms with Crippen molar-refractivity contribution in [1.82, 2.24) is 20.2 Å². The highest BCUT2D eigenvalue weighted by Crippen LogP contribution is 2.18. The SMILES string of the molecule is O=C(NCC1CCN(C(=O)c2ccccn2)CC1)c1cccnc1. The van der Waals surface area contributed by atoms with Gasteiger partial charge in [0.1, 0.15) is 5.69 Å². The molecule has 1 fully saturated rings. The Kier molecular flexibility index (Phi) is 5.15. The van der Waals surface area contributed by atoms with Gasteiger partial charge in [-0.15, -0.1) is 0 Å². The molecule has 24 heavy (non-hydrogen) atoms. The van der Waals surface area contributed by atoms with Gasteiger partial charge in [0.25, 0.3) is 11.8 Å². The van der Waals surface area contributed by atoms with Crippen LogP contribution in [0.1, 0.15) is 33.7 Å². The number of likely N-dealkylation sites (tertiary alicyclic amines) is 1. The number of piperidine rings is 1. The minimum absolute atomic E-state index is 0.0200. The monoisotopic (exact) mass is 324 g/mol. The van der Waals surface area contributed by atoms with Crippen LogP contribution in [0.25, 0.3) is 0 Å². The van der Waals surface area contributed by atoms with Crippen LogP contribution in [0.2, 0.25) is 0 Å². The molecule has 3 rings (SSSR count). The fourth-order valence-electron chi connectivity index (χ4n) is 2.83. The van der Waals surface area contributed by atoms with Crippen LogP contribution in [0, 0.1) is 5.92 Å². The molecule has 3 heterocycles. The topological polar surface area (TPSA) is 75.2 Å². The van der Waals surface area contributed by atoms with Crippen molar-refractivity contribution in [3.63, 3.8) is 0 Å². The number of pyridine rings is 2. The number of amides is 2. The number of aromatic nitrogens is 2. The number of carbonyl (C=O) groups is 2. The summed E-state index contributed by atoms with van der Waals surface area (Å²) in [7, 11) is 0. The van der Waals surface area contributed by atoms with Gasteiger partial charge < -0.3 is 10.2 Å². The molecule has 0 aliphatic carbocycles. The van der Waals surface area contributed by atoms with E-state index in [1.54, 1.807) is 42.9 Å².